The second kappa shape index (κ2) is 9.13. The Labute approximate surface area is 165 Å². The zero-order chi connectivity index (χ0) is 19.3. The Morgan fingerprint density at radius 1 is 0.857 bits per heavy atom. The molecule has 2 aliphatic rings. The van der Waals surface area contributed by atoms with Gasteiger partial charge in [-0.3, -0.25) is 0 Å². The molecular formula is C22H26O6. The first-order valence-electron chi connectivity index (χ1n) is 9.48. The summed E-state index contributed by atoms with van der Waals surface area (Å²) in [6.45, 7) is 0.844. The molecule has 2 heterocycles. The van der Waals surface area contributed by atoms with Crippen molar-refractivity contribution in [3.05, 3.63) is 71.8 Å². The highest BCUT2D eigenvalue weighted by Crippen LogP contribution is 2.36. The lowest BCUT2D eigenvalue weighted by Gasteiger charge is -2.48. The van der Waals surface area contributed by atoms with Crippen molar-refractivity contribution in [2.45, 2.75) is 43.6 Å². The molecule has 0 aliphatic carbocycles. The van der Waals surface area contributed by atoms with E-state index in [1.807, 2.05) is 60.7 Å². The number of benzene rings is 2. The first-order chi connectivity index (χ1) is 13.8. The molecule has 0 radical (unpaired) electrons. The molecule has 0 aromatic heterocycles. The molecule has 0 amide bonds. The van der Waals surface area contributed by atoms with Crippen molar-refractivity contribution in [3.63, 3.8) is 0 Å². The summed E-state index contributed by atoms with van der Waals surface area (Å²) in [6.07, 6.45) is -2.41. The van der Waals surface area contributed by atoms with E-state index < -0.39 is 18.7 Å². The standard InChI is InChI=1S/C22H26O6/c1-23-20-19(25-13-15-9-5-3-6-10-15)18-17(27-22(20)24-2)14-26-21(28-18)16-11-7-4-8-12-16/h3-12,17-22H,13-14H2,1-2H3/t17-,18+,19-,20-,21?,22-/m1/s1. The van der Waals surface area contributed by atoms with Crippen LogP contribution in [0, 0.1) is 0 Å². The largest absolute Gasteiger partial charge is 0.373 e. The van der Waals surface area contributed by atoms with Crippen LogP contribution in [0.3, 0.4) is 0 Å². The molecule has 28 heavy (non-hydrogen) atoms. The molecule has 2 aromatic rings. The Kier molecular flexibility index (Phi) is 6.36. The van der Waals surface area contributed by atoms with E-state index in [1.54, 1.807) is 14.2 Å². The molecule has 6 nitrogen and oxygen atoms in total. The molecule has 4 rings (SSSR count). The van der Waals surface area contributed by atoms with E-state index in [0.29, 0.717) is 13.2 Å². The first kappa shape index (κ1) is 19.5. The Bertz CT molecular complexity index is 724. The molecule has 2 fully saturated rings. The van der Waals surface area contributed by atoms with Crippen LogP contribution < -0.4 is 0 Å². The maximum atomic E-state index is 6.29. The third-order valence-corrected chi connectivity index (χ3v) is 5.15. The second-order valence-corrected chi connectivity index (χ2v) is 6.92. The molecule has 2 saturated heterocycles. The monoisotopic (exact) mass is 386 g/mol. The zero-order valence-corrected chi connectivity index (χ0v) is 16.1. The lowest BCUT2D eigenvalue weighted by molar-refractivity contribution is -0.366. The predicted octanol–water partition coefficient (Wildman–Crippen LogP) is 3.07. The molecule has 0 saturated carbocycles. The van der Waals surface area contributed by atoms with E-state index in [2.05, 4.69) is 0 Å². The fraction of sp³-hybridized carbons (Fsp3) is 0.455. The molecule has 2 aromatic carbocycles. The van der Waals surface area contributed by atoms with Crippen molar-refractivity contribution < 1.29 is 28.4 Å². The van der Waals surface area contributed by atoms with Crippen LogP contribution in [0.2, 0.25) is 0 Å². The van der Waals surface area contributed by atoms with Crippen LogP contribution in [0.25, 0.3) is 0 Å². The number of fused-ring (bicyclic) bond motifs is 1. The van der Waals surface area contributed by atoms with Gasteiger partial charge in [0.05, 0.1) is 13.2 Å². The Morgan fingerprint density at radius 2 is 1.57 bits per heavy atom. The van der Waals surface area contributed by atoms with E-state index in [1.165, 1.54) is 0 Å². The number of methoxy groups -OCH3 is 2. The third kappa shape index (κ3) is 4.12. The number of ether oxygens (including phenoxy) is 6. The van der Waals surface area contributed by atoms with Gasteiger partial charge in [0.2, 0.25) is 0 Å². The molecular weight excluding hydrogens is 360 g/mol. The Morgan fingerprint density at radius 3 is 2.25 bits per heavy atom. The highest BCUT2D eigenvalue weighted by Gasteiger charge is 2.51. The van der Waals surface area contributed by atoms with Crippen molar-refractivity contribution in [2.24, 2.45) is 0 Å². The van der Waals surface area contributed by atoms with Crippen LogP contribution in [-0.2, 0) is 35.0 Å². The minimum absolute atomic E-state index is 0.294. The molecule has 6 atom stereocenters. The van der Waals surface area contributed by atoms with Gasteiger partial charge in [-0.05, 0) is 5.56 Å². The summed E-state index contributed by atoms with van der Waals surface area (Å²) >= 11 is 0. The average molecular weight is 386 g/mol. The van der Waals surface area contributed by atoms with E-state index in [-0.39, 0.29) is 18.3 Å². The van der Waals surface area contributed by atoms with Gasteiger partial charge in [0, 0.05) is 19.8 Å². The summed E-state index contributed by atoms with van der Waals surface area (Å²) in [5, 5.41) is 0. The third-order valence-electron chi connectivity index (χ3n) is 5.15. The predicted molar refractivity (Wildman–Crippen MR) is 101 cm³/mol. The van der Waals surface area contributed by atoms with E-state index >= 15 is 0 Å². The Hall–Kier alpha value is -1.80. The van der Waals surface area contributed by atoms with Crippen molar-refractivity contribution >= 4 is 0 Å². The fourth-order valence-electron chi connectivity index (χ4n) is 3.72. The highest BCUT2D eigenvalue weighted by molar-refractivity contribution is 5.17. The van der Waals surface area contributed by atoms with Crippen LogP contribution in [-0.4, -0.2) is 51.5 Å². The second-order valence-electron chi connectivity index (χ2n) is 6.92. The lowest BCUT2D eigenvalue weighted by Crippen LogP contribution is -2.63. The van der Waals surface area contributed by atoms with Crippen LogP contribution in [0.4, 0.5) is 0 Å². The van der Waals surface area contributed by atoms with Crippen LogP contribution in [0.1, 0.15) is 17.4 Å². The van der Waals surface area contributed by atoms with Gasteiger partial charge in [-0.2, -0.15) is 0 Å². The molecule has 1 unspecified atom stereocenters. The average Bonchev–Trinajstić information content (AvgIpc) is 2.77. The van der Waals surface area contributed by atoms with E-state index in [9.17, 15) is 0 Å². The van der Waals surface area contributed by atoms with Crippen LogP contribution >= 0.6 is 0 Å². The normalized spacial score (nSPS) is 32.6. The SMILES string of the molecule is CO[C@@H]1O[C@@H]2COC(c3ccccc3)O[C@@H]2[C@@H](OCc2ccccc2)[C@H]1OC. The quantitative estimate of drug-likeness (QED) is 0.761. The van der Waals surface area contributed by atoms with Gasteiger partial charge in [0.15, 0.2) is 12.6 Å². The molecule has 0 bridgehead atoms. The number of rotatable bonds is 6. The summed E-state index contributed by atoms with van der Waals surface area (Å²) in [5.74, 6) is 0. The van der Waals surface area contributed by atoms with Gasteiger partial charge >= 0.3 is 0 Å². The van der Waals surface area contributed by atoms with Gasteiger partial charge in [0.1, 0.15) is 24.4 Å². The summed E-state index contributed by atoms with van der Waals surface area (Å²) in [4.78, 5) is 0. The van der Waals surface area contributed by atoms with Gasteiger partial charge in [-0.15, -0.1) is 0 Å². The topological polar surface area (TPSA) is 55.4 Å². The minimum Gasteiger partial charge on any atom is -0.373 e. The van der Waals surface area contributed by atoms with Crippen molar-refractivity contribution in [1.82, 2.24) is 0 Å². The van der Waals surface area contributed by atoms with Crippen molar-refractivity contribution in [3.8, 4) is 0 Å². The Balaban J connectivity index is 1.54. The van der Waals surface area contributed by atoms with Crippen molar-refractivity contribution in [1.29, 1.82) is 0 Å². The smallest absolute Gasteiger partial charge is 0.186 e. The summed E-state index contributed by atoms with van der Waals surface area (Å²) in [5.41, 5.74) is 2.05. The van der Waals surface area contributed by atoms with E-state index in [0.717, 1.165) is 11.1 Å². The summed E-state index contributed by atoms with van der Waals surface area (Å²) < 4.78 is 35.7. The molecule has 2 aliphatic heterocycles. The summed E-state index contributed by atoms with van der Waals surface area (Å²) in [6, 6.07) is 19.9. The van der Waals surface area contributed by atoms with Gasteiger partial charge < -0.3 is 28.4 Å². The van der Waals surface area contributed by atoms with Crippen LogP contribution in [0.15, 0.2) is 60.7 Å². The minimum atomic E-state index is -0.549. The molecule has 0 spiro atoms. The van der Waals surface area contributed by atoms with Crippen LogP contribution in [0.5, 0.6) is 0 Å². The van der Waals surface area contributed by atoms with E-state index in [4.69, 9.17) is 28.4 Å². The van der Waals surface area contributed by atoms with Gasteiger partial charge in [-0.1, -0.05) is 60.7 Å². The number of hydrogen-bond acceptors (Lipinski definition) is 6. The molecule has 0 N–H and O–H groups in total. The maximum Gasteiger partial charge on any atom is 0.186 e. The maximum absolute atomic E-state index is 6.29. The molecule has 6 heteroatoms. The fourth-order valence-corrected chi connectivity index (χ4v) is 3.72. The highest BCUT2D eigenvalue weighted by atomic mass is 16.8. The lowest BCUT2D eigenvalue weighted by atomic mass is 9.97. The number of hydrogen-bond donors (Lipinski definition) is 0. The first-order valence-corrected chi connectivity index (χ1v) is 9.48. The zero-order valence-electron chi connectivity index (χ0n) is 16.1. The van der Waals surface area contributed by atoms with Gasteiger partial charge in [0.25, 0.3) is 0 Å². The van der Waals surface area contributed by atoms with Crippen molar-refractivity contribution in [2.75, 3.05) is 20.8 Å². The summed E-state index contributed by atoms with van der Waals surface area (Å²) in [7, 11) is 3.23. The molecule has 150 valence electrons. The van der Waals surface area contributed by atoms with Gasteiger partial charge in [-0.25, -0.2) is 0 Å².